The Kier molecular flexibility index (Phi) is 5.92. The number of amides is 2. The zero-order chi connectivity index (χ0) is 19.2. The molecule has 3 rings (SSSR count). The molecule has 0 radical (unpaired) electrons. The van der Waals surface area contributed by atoms with E-state index < -0.39 is 5.91 Å². The van der Waals surface area contributed by atoms with Crippen LogP contribution in [0, 0.1) is 6.92 Å². The van der Waals surface area contributed by atoms with Crippen molar-refractivity contribution in [2.45, 2.75) is 25.5 Å². The number of hydrazine groups is 1. The van der Waals surface area contributed by atoms with Crippen LogP contribution in [0.1, 0.15) is 23.0 Å². The van der Waals surface area contributed by atoms with Crippen LogP contribution in [-0.2, 0) is 11.3 Å². The van der Waals surface area contributed by atoms with Gasteiger partial charge in [-0.2, -0.15) is 0 Å². The van der Waals surface area contributed by atoms with Crippen LogP contribution >= 0.6 is 11.8 Å². The summed E-state index contributed by atoms with van der Waals surface area (Å²) in [7, 11) is 0. The van der Waals surface area contributed by atoms with Crippen LogP contribution in [0.5, 0.6) is 0 Å². The standard InChI is InChI=1S/C18H19N5O3S/c1-3-23-16(13-8-5-4-7-12(13)2)20-22-18(23)27-11-15(24)19-21-17(25)14-9-6-10-26-14/h4-10H,3,11H2,1-2H3,(H,19,24)(H,21,25). The highest BCUT2D eigenvalue weighted by Gasteiger charge is 2.16. The quantitative estimate of drug-likeness (QED) is 0.499. The number of aryl methyl sites for hydroxylation is 1. The zero-order valence-electron chi connectivity index (χ0n) is 14.9. The molecule has 0 spiro atoms. The van der Waals surface area contributed by atoms with E-state index in [2.05, 4.69) is 21.0 Å². The summed E-state index contributed by atoms with van der Waals surface area (Å²) in [5, 5.41) is 9.13. The summed E-state index contributed by atoms with van der Waals surface area (Å²) in [6.07, 6.45) is 1.39. The van der Waals surface area contributed by atoms with Crippen molar-refractivity contribution in [2.24, 2.45) is 0 Å². The minimum absolute atomic E-state index is 0.0876. The third-order valence-corrected chi connectivity index (χ3v) is 4.78. The molecule has 1 aromatic carbocycles. The average molecular weight is 385 g/mol. The lowest BCUT2D eigenvalue weighted by Gasteiger charge is -2.09. The maximum atomic E-state index is 12.0. The minimum Gasteiger partial charge on any atom is -0.459 e. The number of nitrogens with one attached hydrogen (secondary N) is 2. The number of benzene rings is 1. The predicted octanol–water partition coefficient (Wildman–Crippen LogP) is 2.42. The van der Waals surface area contributed by atoms with E-state index in [1.165, 1.54) is 24.1 Å². The maximum absolute atomic E-state index is 12.0. The first-order valence-electron chi connectivity index (χ1n) is 8.34. The molecule has 3 aromatic rings. The molecule has 0 saturated carbocycles. The number of hydrogen-bond acceptors (Lipinski definition) is 6. The Morgan fingerprint density at radius 3 is 2.67 bits per heavy atom. The molecule has 2 aromatic heterocycles. The summed E-state index contributed by atoms with van der Waals surface area (Å²) in [5.74, 6) is 0.103. The predicted molar refractivity (Wildman–Crippen MR) is 101 cm³/mol. The van der Waals surface area contributed by atoms with Crippen molar-refractivity contribution < 1.29 is 14.0 Å². The second-order valence-electron chi connectivity index (χ2n) is 5.63. The maximum Gasteiger partial charge on any atom is 0.305 e. The average Bonchev–Trinajstić information content (AvgIpc) is 3.34. The van der Waals surface area contributed by atoms with Gasteiger partial charge in [-0.1, -0.05) is 36.0 Å². The summed E-state index contributed by atoms with van der Waals surface area (Å²) >= 11 is 1.25. The van der Waals surface area contributed by atoms with Gasteiger partial charge in [-0.25, -0.2) is 0 Å². The van der Waals surface area contributed by atoms with Crippen molar-refractivity contribution in [3.05, 3.63) is 54.0 Å². The monoisotopic (exact) mass is 385 g/mol. The molecular weight excluding hydrogens is 366 g/mol. The molecule has 0 saturated heterocycles. The fourth-order valence-electron chi connectivity index (χ4n) is 2.47. The number of furan rings is 1. The lowest BCUT2D eigenvalue weighted by molar-refractivity contribution is -0.119. The van der Waals surface area contributed by atoms with E-state index in [0.29, 0.717) is 11.7 Å². The van der Waals surface area contributed by atoms with Gasteiger partial charge in [-0.05, 0) is 31.5 Å². The number of aromatic nitrogens is 3. The van der Waals surface area contributed by atoms with Gasteiger partial charge >= 0.3 is 5.91 Å². The summed E-state index contributed by atoms with van der Waals surface area (Å²) in [4.78, 5) is 23.7. The fourth-order valence-corrected chi connectivity index (χ4v) is 3.27. The highest BCUT2D eigenvalue weighted by atomic mass is 32.2. The Morgan fingerprint density at radius 1 is 1.15 bits per heavy atom. The second kappa shape index (κ2) is 8.54. The van der Waals surface area contributed by atoms with Crippen molar-refractivity contribution in [1.29, 1.82) is 0 Å². The van der Waals surface area contributed by atoms with E-state index >= 15 is 0 Å². The largest absolute Gasteiger partial charge is 0.459 e. The number of thioether (sulfide) groups is 1. The van der Waals surface area contributed by atoms with Gasteiger partial charge in [0.1, 0.15) is 0 Å². The Hall–Kier alpha value is -3.07. The lowest BCUT2D eigenvalue weighted by Crippen LogP contribution is -2.42. The second-order valence-corrected chi connectivity index (χ2v) is 6.58. The van der Waals surface area contributed by atoms with Crippen molar-refractivity contribution >= 4 is 23.6 Å². The molecule has 0 bridgehead atoms. The summed E-state index contributed by atoms with van der Waals surface area (Å²) < 4.78 is 6.91. The first-order chi connectivity index (χ1) is 13.1. The number of carbonyl (C=O) groups excluding carboxylic acids is 2. The molecule has 0 aliphatic heterocycles. The minimum atomic E-state index is -0.517. The zero-order valence-corrected chi connectivity index (χ0v) is 15.7. The molecule has 0 aliphatic rings. The van der Waals surface area contributed by atoms with E-state index in [-0.39, 0.29) is 17.4 Å². The molecule has 0 unspecified atom stereocenters. The van der Waals surface area contributed by atoms with Crippen LogP contribution in [0.2, 0.25) is 0 Å². The Labute approximate surface area is 160 Å². The van der Waals surface area contributed by atoms with Gasteiger partial charge in [0, 0.05) is 12.1 Å². The normalized spacial score (nSPS) is 10.6. The van der Waals surface area contributed by atoms with E-state index in [1.54, 1.807) is 6.07 Å². The van der Waals surface area contributed by atoms with E-state index in [9.17, 15) is 9.59 Å². The molecule has 0 atom stereocenters. The van der Waals surface area contributed by atoms with Crippen molar-refractivity contribution in [3.63, 3.8) is 0 Å². The van der Waals surface area contributed by atoms with Crippen LogP contribution in [0.4, 0.5) is 0 Å². The fraction of sp³-hybridized carbons (Fsp3) is 0.222. The first kappa shape index (κ1) is 18.7. The molecule has 2 N–H and O–H groups in total. The van der Waals surface area contributed by atoms with Crippen molar-refractivity contribution in [1.82, 2.24) is 25.6 Å². The van der Waals surface area contributed by atoms with Gasteiger partial charge in [-0.3, -0.25) is 20.4 Å². The summed E-state index contributed by atoms with van der Waals surface area (Å²) in [6.45, 7) is 4.70. The molecule has 8 nitrogen and oxygen atoms in total. The Balaban J connectivity index is 1.60. The summed E-state index contributed by atoms with van der Waals surface area (Å²) in [5.41, 5.74) is 6.76. The Morgan fingerprint density at radius 2 is 1.96 bits per heavy atom. The van der Waals surface area contributed by atoms with Crippen LogP contribution in [-0.4, -0.2) is 32.3 Å². The van der Waals surface area contributed by atoms with E-state index in [0.717, 1.165) is 17.0 Å². The molecule has 0 fully saturated rings. The smallest absolute Gasteiger partial charge is 0.305 e. The van der Waals surface area contributed by atoms with Crippen molar-refractivity contribution in [3.8, 4) is 11.4 Å². The molecular formula is C18H19N5O3S. The Bertz CT molecular complexity index is 936. The molecule has 140 valence electrons. The van der Waals surface area contributed by atoms with Crippen LogP contribution in [0.3, 0.4) is 0 Å². The number of rotatable bonds is 6. The lowest BCUT2D eigenvalue weighted by atomic mass is 10.1. The van der Waals surface area contributed by atoms with Gasteiger partial charge in [0.2, 0.25) is 5.91 Å². The summed E-state index contributed by atoms with van der Waals surface area (Å²) in [6, 6.07) is 11.0. The van der Waals surface area contributed by atoms with E-state index in [1.807, 2.05) is 42.7 Å². The van der Waals surface area contributed by atoms with Crippen molar-refractivity contribution in [2.75, 3.05) is 5.75 Å². The number of hydrogen-bond donors (Lipinski definition) is 2. The van der Waals surface area contributed by atoms with Gasteiger partial charge in [0.25, 0.3) is 0 Å². The van der Waals surface area contributed by atoms with Gasteiger partial charge in [0.15, 0.2) is 16.7 Å². The van der Waals surface area contributed by atoms with Crippen LogP contribution < -0.4 is 10.9 Å². The third-order valence-electron chi connectivity index (χ3n) is 3.81. The SMILES string of the molecule is CCn1c(SCC(=O)NNC(=O)c2ccco2)nnc1-c1ccccc1C. The molecule has 2 amide bonds. The van der Waals surface area contributed by atoms with Gasteiger partial charge in [0.05, 0.1) is 12.0 Å². The number of nitrogens with zero attached hydrogens (tertiary/aromatic N) is 3. The van der Waals surface area contributed by atoms with Gasteiger partial charge in [-0.15, -0.1) is 10.2 Å². The molecule has 2 heterocycles. The van der Waals surface area contributed by atoms with E-state index in [4.69, 9.17) is 4.42 Å². The number of carbonyl (C=O) groups is 2. The molecule has 0 aliphatic carbocycles. The van der Waals surface area contributed by atoms with Crippen LogP contribution in [0.15, 0.2) is 52.2 Å². The topological polar surface area (TPSA) is 102 Å². The third kappa shape index (κ3) is 4.37. The molecule has 27 heavy (non-hydrogen) atoms. The van der Waals surface area contributed by atoms with Gasteiger partial charge < -0.3 is 8.98 Å². The molecule has 9 heteroatoms. The highest BCUT2D eigenvalue weighted by Crippen LogP contribution is 2.25. The first-order valence-corrected chi connectivity index (χ1v) is 9.33. The van der Waals surface area contributed by atoms with Crippen LogP contribution in [0.25, 0.3) is 11.4 Å². The highest BCUT2D eigenvalue weighted by molar-refractivity contribution is 7.99.